The number of hydrogen-bond donors (Lipinski definition) is 0. The fraction of sp³-hybridized carbons (Fsp3) is 0.556. The summed E-state index contributed by atoms with van der Waals surface area (Å²) in [6, 6.07) is 5.41. The van der Waals surface area contributed by atoms with Gasteiger partial charge in [-0.1, -0.05) is 0 Å². The molecule has 3 rings (SSSR count). The summed E-state index contributed by atoms with van der Waals surface area (Å²) in [7, 11) is 0. The minimum absolute atomic E-state index is 0.00284. The van der Waals surface area contributed by atoms with Crippen molar-refractivity contribution in [2.45, 2.75) is 55.5 Å². The Morgan fingerprint density at radius 3 is 2.65 bits per heavy atom. The van der Waals surface area contributed by atoms with E-state index in [1.54, 1.807) is 17.0 Å². The van der Waals surface area contributed by atoms with Crippen molar-refractivity contribution < 1.29 is 19.2 Å². The van der Waals surface area contributed by atoms with E-state index < -0.39 is 11.0 Å². The van der Waals surface area contributed by atoms with E-state index in [2.05, 4.69) is 20.8 Å². The first-order valence-corrected chi connectivity index (χ1v) is 10.5. The van der Waals surface area contributed by atoms with Gasteiger partial charge in [-0.2, -0.15) is 0 Å². The van der Waals surface area contributed by atoms with Crippen LogP contribution in [0.4, 0.5) is 5.69 Å². The molecule has 8 heteroatoms. The summed E-state index contributed by atoms with van der Waals surface area (Å²) in [4.78, 5) is 37.1. The number of ether oxygens (including phenoxy) is 1. The molecule has 7 nitrogen and oxygen atoms in total. The van der Waals surface area contributed by atoms with Crippen molar-refractivity contribution in [3.05, 3.63) is 39.9 Å². The van der Waals surface area contributed by atoms with Gasteiger partial charge in [0.25, 0.3) is 0 Å². The molecule has 2 saturated heterocycles. The second-order valence-electron chi connectivity index (χ2n) is 7.00. The van der Waals surface area contributed by atoms with Gasteiger partial charge in [0.1, 0.15) is 0 Å². The van der Waals surface area contributed by atoms with Crippen LogP contribution in [0.2, 0.25) is 4.31 Å². The molecule has 140 valence electrons. The van der Waals surface area contributed by atoms with Crippen LogP contribution in [-0.2, 0) is 20.9 Å². The van der Waals surface area contributed by atoms with Crippen LogP contribution in [0.1, 0.15) is 39.2 Å². The molecule has 0 bridgehead atoms. The third kappa shape index (κ3) is 3.12. The minimum atomic E-state index is -0.526. The molecule has 0 aliphatic carbocycles. The Morgan fingerprint density at radius 2 is 2.12 bits per heavy atom. The molecule has 26 heavy (non-hydrogen) atoms. The summed E-state index contributed by atoms with van der Waals surface area (Å²) in [5.41, 5.74) is 0.682. The molecule has 2 heterocycles. The van der Waals surface area contributed by atoms with Gasteiger partial charge in [0.05, 0.1) is 0 Å². The standard InChI is InChI=1S/C18H22N2O5Se/c1-4-11(2)18(3)16(19-14(21)9-15(19)26-18)17(22)25-10-12-5-7-13(8-6-12)20(23)24/h5-8,11,15-16H,4,9-10H2,1-3H3/t11?,15-,16+,18?/m1/s1. The van der Waals surface area contributed by atoms with E-state index in [1.807, 2.05) is 0 Å². The van der Waals surface area contributed by atoms with Crippen molar-refractivity contribution in [1.29, 1.82) is 0 Å². The second kappa shape index (κ2) is 7.00. The van der Waals surface area contributed by atoms with Crippen LogP contribution in [0.15, 0.2) is 24.3 Å². The summed E-state index contributed by atoms with van der Waals surface area (Å²) in [5, 5.41) is 10.7. The van der Waals surface area contributed by atoms with Gasteiger partial charge in [-0.25, -0.2) is 0 Å². The van der Waals surface area contributed by atoms with Crippen LogP contribution < -0.4 is 0 Å². The number of carbonyl (C=O) groups excluding carboxylic acids is 2. The van der Waals surface area contributed by atoms with Gasteiger partial charge < -0.3 is 0 Å². The summed E-state index contributed by atoms with van der Waals surface area (Å²) < 4.78 is 5.28. The molecule has 1 aromatic rings. The zero-order valence-electron chi connectivity index (χ0n) is 15.0. The number of nitrogens with zero attached hydrogens (tertiary/aromatic N) is 2. The Kier molecular flexibility index (Phi) is 5.08. The molecular weight excluding hydrogens is 403 g/mol. The Bertz CT molecular complexity index is 738. The number of hydrogen-bond acceptors (Lipinski definition) is 5. The predicted octanol–water partition coefficient (Wildman–Crippen LogP) is 2.51. The number of esters is 1. The first-order chi connectivity index (χ1) is 12.3. The van der Waals surface area contributed by atoms with Crippen LogP contribution >= 0.6 is 0 Å². The van der Waals surface area contributed by atoms with E-state index in [4.69, 9.17) is 4.74 Å². The molecular formula is C18H22N2O5Se. The molecule has 2 aliphatic heterocycles. The summed E-state index contributed by atoms with van der Waals surface area (Å²) in [6.07, 6.45) is 1.48. The van der Waals surface area contributed by atoms with Gasteiger partial charge in [0.15, 0.2) is 0 Å². The molecule has 2 fully saturated rings. The second-order valence-corrected chi connectivity index (χ2v) is 10.5. The maximum absolute atomic E-state index is 12.9. The summed E-state index contributed by atoms with van der Waals surface area (Å²) >= 11 is 0.174. The van der Waals surface area contributed by atoms with Crippen molar-refractivity contribution in [3.63, 3.8) is 0 Å². The predicted molar refractivity (Wildman–Crippen MR) is 95.5 cm³/mol. The van der Waals surface area contributed by atoms with Gasteiger partial charge in [0, 0.05) is 0 Å². The van der Waals surface area contributed by atoms with Crippen molar-refractivity contribution in [2.75, 3.05) is 0 Å². The van der Waals surface area contributed by atoms with E-state index >= 15 is 0 Å². The summed E-state index contributed by atoms with van der Waals surface area (Å²) in [5.74, 6) is -0.0254. The van der Waals surface area contributed by atoms with Crippen LogP contribution in [-0.4, -0.2) is 47.6 Å². The van der Waals surface area contributed by atoms with E-state index in [-0.39, 0.29) is 48.4 Å². The summed E-state index contributed by atoms with van der Waals surface area (Å²) in [6.45, 7) is 6.38. The Balaban J connectivity index is 1.72. The van der Waals surface area contributed by atoms with E-state index in [9.17, 15) is 19.7 Å². The topological polar surface area (TPSA) is 89.8 Å². The zero-order valence-corrected chi connectivity index (χ0v) is 16.7. The van der Waals surface area contributed by atoms with Gasteiger partial charge in [-0.15, -0.1) is 0 Å². The number of rotatable bonds is 6. The van der Waals surface area contributed by atoms with Gasteiger partial charge in [-0.3, -0.25) is 0 Å². The third-order valence-corrected chi connectivity index (χ3v) is 9.28. The SMILES string of the molecule is CCC(C)C1(C)[Se][C@@H]2CC(=O)N2[C@H]1C(=O)OCc1ccc([N+](=O)[O-])cc1. The van der Waals surface area contributed by atoms with E-state index in [0.717, 1.165) is 6.42 Å². The number of β-lactam (4-membered cyclic amide) rings is 1. The molecule has 1 aromatic carbocycles. The van der Waals surface area contributed by atoms with E-state index in [0.29, 0.717) is 17.9 Å². The number of non-ortho nitro benzene ring substituents is 1. The average Bonchev–Trinajstić information content (AvgIpc) is 2.87. The van der Waals surface area contributed by atoms with Gasteiger partial charge in [-0.05, 0) is 0 Å². The Hall–Kier alpha value is -1.92. The third-order valence-electron chi connectivity index (χ3n) is 5.50. The molecule has 0 radical (unpaired) electrons. The van der Waals surface area contributed by atoms with Crippen LogP contribution in [0, 0.1) is 16.0 Å². The van der Waals surface area contributed by atoms with Crippen molar-refractivity contribution >= 4 is 32.5 Å². The number of nitro benzene ring substituents is 1. The first kappa shape index (κ1) is 18.9. The Morgan fingerprint density at radius 1 is 1.46 bits per heavy atom. The monoisotopic (exact) mass is 426 g/mol. The average molecular weight is 425 g/mol. The number of amides is 1. The zero-order chi connectivity index (χ0) is 19.1. The number of carbonyl (C=O) groups is 2. The number of benzene rings is 1. The van der Waals surface area contributed by atoms with Crippen LogP contribution in [0.25, 0.3) is 0 Å². The molecule has 0 spiro atoms. The fourth-order valence-corrected chi connectivity index (χ4v) is 7.52. The molecule has 0 saturated carbocycles. The van der Waals surface area contributed by atoms with E-state index in [1.165, 1.54) is 12.1 Å². The number of nitro groups is 1. The van der Waals surface area contributed by atoms with Crippen LogP contribution in [0.5, 0.6) is 0 Å². The van der Waals surface area contributed by atoms with Crippen LogP contribution in [0.3, 0.4) is 0 Å². The molecule has 2 aliphatic rings. The fourth-order valence-electron chi connectivity index (χ4n) is 3.53. The van der Waals surface area contributed by atoms with Gasteiger partial charge in [0.2, 0.25) is 0 Å². The van der Waals surface area contributed by atoms with Crippen molar-refractivity contribution in [3.8, 4) is 0 Å². The van der Waals surface area contributed by atoms with Crippen molar-refractivity contribution in [1.82, 2.24) is 4.90 Å². The Labute approximate surface area is 158 Å². The number of fused-ring (bicyclic) bond motifs is 1. The molecule has 2 unspecified atom stereocenters. The normalized spacial score (nSPS) is 28.3. The van der Waals surface area contributed by atoms with Gasteiger partial charge >= 0.3 is 158 Å². The molecule has 0 aromatic heterocycles. The van der Waals surface area contributed by atoms with Crippen molar-refractivity contribution in [2.24, 2.45) is 5.92 Å². The maximum atomic E-state index is 12.9. The quantitative estimate of drug-likeness (QED) is 0.230. The first-order valence-electron chi connectivity index (χ1n) is 8.67. The molecule has 1 amide bonds. The molecule has 0 N–H and O–H groups in total. The molecule has 4 atom stereocenters.